The minimum Gasteiger partial charge on any atom is -0.497 e. The van der Waals surface area contributed by atoms with Crippen molar-refractivity contribution in [1.82, 2.24) is 5.32 Å². The summed E-state index contributed by atoms with van der Waals surface area (Å²) in [5.74, 6) is 3.20. The van der Waals surface area contributed by atoms with E-state index in [1.54, 1.807) is 7.11 Å². The first-order chi connectivity index (χ1) is 10.3. The Labute approximate surface area is 132 Å². The zero-order valence-corrected chi connectivity index (χ0v) is 14.0. The maximum atomic E-state index is 5.73. The van der Waals surface area contributed by atoms with Crippen molar-refractivity contribution in [3.8, 4) is 11.5 Å². The molecule has 0 aliphatic carbocycles. The quantitative estimate of drug-likeness (QED) is 0.698. The van der Waals surface area contributed by atoms with E-state index in [1.807, 2.05) is 23.9 Å². The Morgan fingerprint density at radius 3 is 2.95 bits per heavy atom. The van der Waals surface area contributed by atoms with Crippen LogP contribution >= 0.6 is 11.8 Å². The van der Waals surface area contributed by atoms with Crippen LogP contribution in [0.2, 0.25) is 0 Å². The number of benzene rings is 1. The van der Waals surface area contributed by atoms with Gasteiger partial charge in [-0.05, 0) is 49.6 Å². The second-order valence-corrected chi connectivity index (χ2v) is 6.44. The molecule has 0 bridgehead atoms. The van der Waals surface area contributed by atoms with Gasteiger partial charge in [0.15, 0.2) is 0 Å². The summed E-state index contributed by atoms with van der Waals surface area (Å²) in [6, 6.07) is 6.48. The lowest BCUT2D eigenvalue weighted by Crippen LogP contribution is -2.27. The zero-order chi connectivity index (χ0) is 14.9. The molecule has 0 aromatic heterocycles. The summed E-state index contributed by atoms with van der Waals surface area (Å²) in [4.78, 5) is 0. The average molecular weight is 309 g/mol. The van der Waals surface area contributed by atoms with Gasteiger partial charge in [-0.2, -0.15) is 11.8 Å². The third-order valence-electron chi connectivity index (χ3n) is 3.92. The summed E-state index contributed by atoms with van der Waals surface area (Å²) in [6.45, 7) is 1.88. The summed E-state index contributed by atoms with van der Waals surface area (Å²) in [7, 11) is 1.71. The van der Waals surface area contributed by atoms with Gasteiger partial charge < -0.3 is 14.8 Å². The van der Waals surface area contributed by atoms with Crippen LogP contribution in [-0.4, -0.2) is 32.3 Å². The van der Waals surface area contributed by atoms with Crippen molar-refractivity contribution in [3.63, 3.8) is 0 Å². The highest BCUT2D eigenvalue weighted by Gasteiger charge is 2.21. The van der Waals surface area contributed by atoms with Gasteiger partial charge in [-0.25, -0.2) is 0 Å². The number of fused-ring (bicyclic) bond motifs is 1. The Kier molecular flexibility index (Phi) is 7.24. The predicted octanol–water partition coefficient (Wildman–Crippen LogP) is 4.03. The molecule has 1 aromatic carbocycles. The van der Waals surface area contributed by atoms with E-state index in [0.29, 0.717) is 6.04 Å². The maximum Gasteiger partial charge on any atom is 0.124 e. The Morgan fingerprint density at radius 2 is 2.14 bits per heavy atom. The molecule has 1 atom stereocenters. The predicted molar refractivity (Wildman–Crippen MR) is 90.7 cm³/mol. The smallest absolute Gasteiger partial charge is 0.124 e. The molecule has 1 aromatic rings. The summed E-state index contributed by atoms with van der Waals surface area (Å²) in [6.07, 6.45) is 8.48. The number of unbranched alkanes of at least 4 members (excludes halogenated alkanes) is 3. The molecule has 1 N–H and O–H groups in total. The summed E-state index contributed by atoms with van der Waals surface area (Å²) in [5, 5.41) is 3.68. The second kappa shape index (κ2) is 9.21. The number of hydrogen-bond acceptors (Lipinski definition) is 4. The number of ether oxygens (including phenoxy) is 2. The number of rotatable bonds is 9. The van der Waals surface area contributed by atoms with E-state index in [0.717, 1.165) is 31.1 Å². The molecule has 0 radical (unpaired) electrons. The minimum atomic E-state index is 0.398. The maximum absolute atomic E-state index is 5.73. The first-order valence-electron chi connectivity index (χ1n) is 7.88. The monoisotopic (exact) mass is 309 g/mol. The van der Waals surface area contributed by atoms with Gasteiger partial charge in [0, 0.05) is 18.0 Å². The lowest BCUT2D eigenvalue weighted by Gasteiger charge is -2.27. The lowest BCUT2D eigenvalue weighted by molar-refractivity contribution is 0.251. The number of hydrogen-bond donors (Lipinski definition) is 1. The Hall–Kier alpha value is -0.870. The van der Waals surface area contributed by atoms with Crippen molar-refractivity contribution in [3.05, 3.63) is 23.8 Å². The Balaban J connectivity index is 1.77. The molecule has 3 nitrogen and oxygen atoms in total. The fourth-order valence-electron chi connectivity index (χ4n) is 2.71. The first-order valence-corrected chi connectivity index (χ1v) is 9.27. The molecule has 1 unspecified atom stereocenters. The van der Waals surface area contributed by atoms with E-state index in [2.05, 4.69) is 17.6 Å². The van der Waals surface area contributed by atoms with Crippen molar-refractivity contribution in [2.45, 2.75) is 38.1 Å². The average Bonchev–Trinajstić information content (AvgIpc) is 2.53. The van der Waals surface area contributed by atoms with Crippen LogP contribution in [0, 0.1) is 0 Å². The molecule has 0 amide bonds. The summed E-state index contributed by atoms with van der Waals surface area (Å²) >= 11 is 1.94. The number of thioether (sulfide) groups is 1. The lowest BCUT2D eigenvalue weighted by atomic mass is 10.00. The Morgan fingerprint density at radius 1 is 1.29 bits per heavy atom. The van der Waals surface area contributed by atoms with E-state index in [-0.39, 0.29) is 0 Å². The SMILES string of the molecule is COc1ccc2c(c1)C(NCCCCCCSC)CCO2. The highest BCUT2D eigenvalue weighted by atomic mass is 32.2. The van der Waals surface area contributed by atoms with Crippen LogP contribution in [0.4, 0.5) is 0 Å². The van der Waals surface area contributed by atoms with Gasteiger partial charge >= 0.3 is 0 Å². The molecule has 0 saturated carbocycles. The Bertz CT molecular complexity index is 425. The van der Waals surface area contributed by atoms with E-state index < -0.39 is 0 Å². The van der Waals surface area contributed by atoms with Crippen molar-refractivity contribution in [2.75, 3.05) is 32.3 Å². The standard InChI is InChI=1S/C17H27NO2S/c1-19-14-7-8-17-15(13-14)16(9-11-20-17)18-10-5-3-4-6-12-21-2/h7-8,13,16,18H,3-6,9-12H2,1-2H3. The van der Waals surface area contributed by atoms with Gasteiger partial charge in [-0.15, -0.1) is 0 Å². The molecule has 21 heavy (non-hydrogen) atoms. The van der Waals surface area contributed by atoms with Crippen molar-refractivity contribution in [1.29, 1.82) is 0 Å². The van der Waals surface area contributed by atoms with E-state index in [9.17, 15) is 0 Å². The number of methoxy groups -OCH3 is 1. The molecule has 0 fully saturated rings. The summed E-state index contributed by atoms with van der Waals surface area (Å²) in [5.41, 5.74) is 1.24. The van der Waals surface area contributed by atoms with Crippen molar-refractivity contribution in [2.24, 2.45) is 0 Å². The molecule has 2 rings (SSSR count). The van der Waals surface area contributed by atoms with Crippen molar-refractivity contribution < 1.29 is 9.47 Å². The summed E-state index contributed by atoms with van der Waals surface area (Å²) < 4.78 is 11.1. The third-order valence-corrected chi connectivity index (χ3v) is 4.62. The van der Waals surface area contributed by atoms with Crippen LogP contribution in [0.25, 0.3) is 0 Å². The van der Waals surface area contributed by atoms with Gasteiger partial charge in [-0.1, -0.05) is 12.8 Å². The van der Waals surface area contributed by atoms with Crippen molar-refractivity contribution >= 4 is 11.8 Å². The van der Waals surface area contributed by atoms with Crippen LogP contribution in [0.15, 0.2) is 18.2 Å². The van der Waals surface area contributed by atoms with Gasteiger partial charge in [-0.3, -0.25) is 0 Å². The van der Waals surface area contributed by atoms with Crippen LogP contribution in [0.5, 0.6) is 11.5 Å². The molecular formula is C17H27NO2S. The zero-order valence-electron chi connectivity index (χ0n) is 13.2. The van der Waals surface area contributed by atoms with E-state index in [1.165, 1.54) is 37.0 Å². The van der Waals surface area contributed by atoms with Crippen LogP contribution in [-0.2, 0) is 0 Å². The molecular weight excluding hydrogens is 282 g/mol. The highest BCUT2D eigenvalue weighted by Crippen LogP contribution is 2.34. The molecule has 4 heteroatoms. The fourth-order valence-corrected chi connectivity index (χ4v) is 3.21. The molecule has 0 spiro atoms. The number of nitrogens with one attached hydrogen (secondary N) is 1. The topological polar surface area (TPSA) is 30.5 Å². The van der Waals surface area contributed by atoms with Crippen LogP contribution in [0.1, 0.15) is 43.7 Å². The van der Waals surface area contributed by atoms with Gasteiger partial charge in [0.05, 0.1) is 13.7 Å². The first kappa shape index (κ1) is 16.5. The molecule has 1 aliphatic heterocycles. The van der Waals surface area contributed by atoms with Gasteiger partial charge in [0.1, 0.15) is 11.5 Å². The molecule has 0 saturated heterocycles. The highest BCUT2D eigenvalue weighted by molar-refractivity contribution is 7.98. The minimum absolute atomic E-state index is 0.398. The van der Waals surface area contributed by atoms with Gasteiger partial charge in [0.2, 0.25) is 0 Å². The van der Waals surface area contributed by atoms with E-state index >= 15 is 0 Å². The third kappa shape index (κ3) is 5.11. The normalized spacial score (nSPS) is 17.1. The molecule has 118 valence electrons. The van der Waals surface area contributed by atoms with Crippen LogP contribution < -0.4 is 14.8 Å². The van der Waals surface area contributed by atoms with Gasteiger partial charge in [0.25, 0.3) is 0 Å². The fraction of sp³-hybridized carbons (Fsp3) is 0.647. The molecule has 1 heterocycles. The largest absolute Gasteiger partial charge is 0.497 e. The van der Waals surface area contributed by atoms with E-state index in [4.69, 9.17) is 9.47 Å². The molecule has 1 aliphatic rings. The second-order valence-electron chi connectivity index (χ2n) is 5.45. The van der Waals surface area contributed by atoms with Crippen LogP contribution in [0.3, 0.4) is 0 Å².